The third kappa shape index (κ3) is 6.49. The molecule has 0 unspecified atom stereocenters. The molecule has 1 aromatic carbocycles. The highest BCUT2D eigenvalue weighted by Crippen LogP contribution is 2.28. The number of carbonyl (C=O) groups is 2. The summed E-state index contributed by atoms with van der Waals surface area (Å²) in [7, 11) is 3.37. The minimum absolute atomic E-state index is 0.0926. The van der Waals surface area contributed by atoms with E-state index in [4.69, 9.17) is 0 Å². The van der Waals surface area contributed by atoms with E-state index in [9.17, 15) is 14.0 Å². The largest absolute Gasteiger partial charge is 0.345 e. The Morgan fingerprint density at radius 3 is 2.52 bits per heavy atom. The number of nitrogens with zero attached hydrogens (tertiary/aromatic N) is 2. The van der Waals surface area contributed by atoms with E-state index >= 15 is 0 Å². The summed E-state index contributed by atoms with van der Waals surface area (Å²) in [4.78, 5) is 30.0. The van der Waals surface area contributed by atoms with Crippen LogP contribution in [-0.4, -0.2) is 35.8 Å². The molecule has 0 saturated heterocycles. The summed E-state index contributed by atoms with van der Waals surface area (Å²) < 4.78 is 14.6. The SMILES string of the molecule is CN(C)C(=O)C=Cc1cnc(NC(=O)Cc2ccc(Br)cc2F)cc1C(C)(C)C. The van der Waals surface area contributed by atoms with Crippen LogP contribution in [0.5, 0.6) is 0 Å². The van der Waals surface area contributed by atoms with Crippen LogP contribution in [0.2, 0.25) is 0 Å². The zero-order valence-electron chi connectivity index (χ0n) is 17.2. The highest BCUT2D eigenvalue weighted by molar-refractivity contribution is 9.10. The van der Waals surface area contributed by atoms with Crippen LogP contribution in [0, 0.1) is 5.82 Å². The third-order valence-corrected chi connectivity index (χ3v) is 4.72. The number of halogens is 2. The van der Waals surface area contributed by atoms with Gasteiger partial charge in [-0.1, -0.05) is 42.8 Å². The lowest BCUT2D eigenvalue weighted by molar-refractivity contribution is -0.123. The molecule has 0 saturated carbocycles. The van der Waals surface area contributed by atoms with Crippen LogP contribution in [0.1, 0.15) is 37.5 Å². The predicted octanol–water partition coefficient (Wildman–Crippen LogP) is 4.56. The van der Waals surface area contributed by atoms with Gasteiger partial charge >= 0.3 is 0 Å². The van der Waals surface area contributed by atoms with Gasteiger partial charge in [-0.15, -0.1) is 0 Å². The summed E-state index contributed by atoms with van der Waals surface area (Å²) in [6.07, 6.45) is 4.74. The summed E-state index contributed by atoms with van der Waals surface area (Å²) in [5.41, 5.74) is 1.80. The first-order valence-electron chi connectivity index (χ1n) is 9.11. The number of amides is 2. The summed E-state index contributed by atoms with van der Waals surface area (Å²) in [5, 5.41) is 2.73. The predicted molar refractivity (Wildman–Crippen MR) is 117 cm³/mol. The topological polar surface area (TPSA) is 62.3 Å². The van der Waals surface area contributed by atoms with E-state index in [1.807, 2.05) is 20.8 Å². The maximum absolute atomic E-state index is 14.0. The fourth-order valence-corrected chi connectivity index (χ4v) is 2.98. The van der Waals surface area contributed by atoms with Crippen LogP contribution in [0.4, 0.5) is 10.2 Å². The maximum atomic E-state index is 14.0. The summed E-state index contributed by atoms with van der Waals surface area (Å²) in [6, 6.07) is 6.38. The molecule has 2 amide bonds. The second-order valence-corrected chi connectivity index (χ2v) is 8.85. The zero-order valence-corrected chi connectivity index (χ0v) is 18.8. The first-order chi connectivity index (χ1) is 13.5. The number of nitrogens with one attached hydrogen (secondary N) is 1. The summed E-state index contributed by atoms with van der Waals surface area (Å²) >= 11 is 3.20. The fraction of sp³-hybridized carbons (Fsp3) is 0.318. The lowest BCUT2D eigenvalue weighted by atomic mass is 9.84. The van der Waals surface area contributed by atoms with E-state index in [-0.39, 0.29) is 23.7 Å². The van der Waals surface area contributed by atoms with Gasteiger partial charge in [0.15, 0.2) is 0 Å². The van der Waals surface area contributed by atoms with Crippen LogP contribution < -0.4 is 5.32 Å². The molecule has 1 N–H and O–H groups in total. The van der Waals surface area contributed by atoms with E-state index in [0.29, 0.717) is 15.9 Å². The number of likely N-dealkylation sites (N-methyl/N-ethyl adjacent to an activating group) is 1. The first kappa shape index (κ1) is 22.7. The van der Waals surface area contributed by atoms with Crippen molar-refractivity contribution in [3.05, 3.63) is 63.5 Å². The van der Waals surface area contributed by atoms with Crippen LogP contribution >= 0.6 is 15.9 Å². The van der Waals surface area contributed by atoms with Crippen molar-refractivity contribution in [1.82, 2.24) is 9.88 Å². The standard InChI is InChI=1S/C22H25BrFN3O2/c1-22(2,3)17-12-19(25-13-15(17)7-9-21(29)27(4)5)26-20(28)10-14-6-8-16(23)11-18(14)24/h6-9,11-13H,10H2,1-5H3,(H,25,26,28). The lowest BCUT2D eigenvalue weighted by Gasteiger charge is -2.22. The number of aromatic nitrogens is 1. The van der Waals surface area contributed by atoms with Gasteiger partial charge in [0.05, 0.1) is 6.42 Å². The Morgan fingerprint density at radius 2 is 1.93 bits per heavy atom. The van der Waals surface area contributed by atoms with Crippen molar-refractivity contribution in [2.75, 3.05) is 19.4 Å². The van der Waals surface area contributed by atoms with Gasteiger partial charge in [-0.25, -0.2) is 9.37 Å². The lowest BCUT2D eigenvalue weighted by Crippen LogP contribution is -2.20. The van der Waals surface area contributed by atoms with Crippen molar-refractivity contribution in [2.45, 2.75) is 32.6 Å². The molecule has 7 heteroatoms. The average Bonchev–Trinajstić information content (AvgIpc) is 2.61. The smallest absolute Gasteiger partial charge is 0.246 e. The van der Waals surface area contributed by atoms with Crippen molar-refractivity contribution in [3.8, 4) is 0 Å². The Balaban J connectivity index is 2.23. The molecule has 0 spiro atoms. The van der Waals surface area contributed by atoms with Gasteiger partial charge in [-0.05, 0) is 46.4 Å². The van der Waals surface area contributed by atoms with Crippen molar-refractivity contribution in [3.63, 3.8) is 0 Å². The zero-order chi connectivity index (χ0) is 21.8. The van der Waals surface area contributed by atoms with Gasteiger partial charge in [0.25, 0.3) is 0 Å². The number of benzene rings is 1. The Bertz CT molecular complexity index is 950. The molecule has 29 heavy (non-hydrogen) atoms. The number of pyridine rings is 1. The van der Waals surface area contributed by atoms with Gasteiger partial charge in [-0.3, -0.25) is 9.59 Å². The molecule has 0 fully saturated rings. The van der Waals surface area contributed by atoms with Crippen LogP contribution in [-0.2, 0) is 21.4 Å². The third-order valence-electron chi connectivity index (χ3n) is 4.22. The number of hydrogen-bond donors (Lipinski definition) is 1. The van der Waals surface area contributed by atoms with Gasteiger partial charge in [-0.2, -0.15) is 0 Å². The number of hydrogen-bond acceptors (Lipinski definition) is 3. The minimum Gasteiger partial charge on any atom is -0.345 e. The number of rotatable bonds is 5. The number of carbonyl (C=O) groups excluding carboxylic acids is 2. The molecule has 0 aliphatic rings. The van der Waals surface area contributed by atoms with Gasteiger partial charge in [0, 0.05) is 30.8 Å². The second kappa shape index (κ2) is 9.31. The van der Waals surface area contributed by atoms with Gasteiger partial charge in [0.1, 0.15) is 11.6 Å². The van der Waals surface area contributed by atoms with E-state index in [1.54, 1.807) is 44.6 Å². The fourth-order valence-electron chi connectivity index (χ4n) is 2.65. The molecular weight excluding hydrogens is 437 g/mol. The molecule has 2 rings (SSSR count). The van der Waals surface area contributed by atoms with Gasteiger partial charge < -0.3 is 10.2 Å². The van der Waals surface area contributed by atoms with E-state index in [1.165, 1.54) is 17.0 Å². The van der Waals surface area contributed by atoms with Crippen LogP contribution in [0.3, 0.4) is 0 Å². The highest BCUT2D eigenvalue weighted by Gasteiger charge is 2.19. The summed E-state index contributed by atoms with van der Waals surface area (Å²) in [5.74, 6) is -0.541. The molecule has 0 aliphatic heterocycles. The van der Waals surface area contributed by atoms with Crippen LogP contribution in [0.15, 0.2) is 41.0 Å². The Hall–Kier alpha value is -2.54. The molecule has 5 nitrogen and oxygen atoms in total. The molecule has 1 heterocycles. The minimum atomic E-state index is -0.441. The second-order valence-electron chi connectivity index (χ2n) is 7.93. The van der Waals surface area contributed by atoms with E-state index in [0.717, 1.165) is 11.1 Å². The highest BCUT2D eigenvalue weighted by atomic mass is 79.9. The average molecular weight is 462 g/mol. The van der Waals surface area contributed by atoms with Gasteiger partial charge in [0.2, 0.25) is 11.8 Å². The monoisotopic (exact) mass is 461 g/mol. The first-order valence-corrected chi connectivity index (χ1v) is 9.90. The van der Waals surface area contributed by atoms with Crippen molar-refractivity contribution in [1.29, 1.82) is 0 Å². The van der Waals surface area contributed by atoms with Crippen molar-refractivity contribution >= 4 is 39.6 Å². The maximum Gasteiger partial charge on any atom is 0.246 e. The molecule has 2 aromatic rings. The Morgan fingerprint density at radius 1 is 1.24 bits per heavy atom. The number of anilines is 1. The van der Waals surface area contributed by atoms with Crippen molar-refractivity contribution in [2.24, 2.45) is 0 Å². The Labute approximate surface area is 179 Å². The summed E-state index contributed by atoms with van der Waals surface area (Å²) in [6.45, 7) is 6.11. The van der Waals surface area contributed by atoms with E-state index < -0.39 is 5.82 Å². The Kier molecular flexibility index (Phi) is 7.30. The molecule has 1 aromatic heterocycles. The van der Waals surface area contributed by atoms with E-state index in [2.05, 4.69) is 26.2 Å². The molecular formula is C22H25BrFN3O2. The normalized spacial score (nSPS) is 11.6. The quantitative estimate of drug-likeness (QED) is 0.663. The molecule has 154 valence electrons. The molecule has 0 bridgehead atoms. The molecule has 0 aliphatic carbocycles. The molecule has 0 radical (unpaired) electrons. The molecule has 0 atom stereocenters. The van der Waals surface area contributed by atoms with Crippen molar-refractivity contribution < 1.29 is 14.0 Å². The van der Waals surface area contributed by atoms with Crippen LogP contribution in [0.25, 0.3) is 6.08 Å².